The van der Waals surface area contributed by atoms with Crippen LogP contribution in [-0.2, 0) is 16.1 Å². The summed E-state index contributed by atoms with van der Waals surface area (Å²) in [6.45, 7) is 7.01. The molecule has 0 radical (unpaired) electrons. The Morgan fingerprint density at radius 2 is 1.97 bits per heavy atom. The minimum atomic E-state index is -5.08. The van der Waals surface area contributed by atoms with Gasteiger partial charge in [-0.15, -0.1) is 11.3 Å². The number of carboxylic acids is 1. The number of nitrogens with zero attached hydrogens (tertiary/aromatic N) is 2. The topological polar surface area (TPSA) is 83.2 Å². The average Bonchev–Trinajstić information content (AvgIpc) is 3.41. The number of carbonyl (C=O) groups excluding carboxylic acids is 1. The van der Waals surface area contributed by atoms with Crippen LogP contribution >= 0.6 is 11.3 Å². The van der Waals surface area contributed by atoms with E-state index in [1.54, 1.807) is 23.9 Å². The molecule has 2 aliphatic heterocycles. The average molecular weight is 460 g/mol. The van der Waals surface area contributed by atoms with Gasteiger partial charge in [-0.3, -0.25) is 9.69 Å². The zero-order valence-corrected chi connectivity index (χ0v) is 17.6. The standard InChI is InChI=1S/C18H22N2O3S.C2HF3O2/c1-13-2-3-17(24-13)18(21)20-10-15-9-19(5-7-23-16(15)11-20)8-14-4-6-22-12-14;3-2(4,5)1(6)7/h2-4,6,12,15-16H,5,7-11H2,1H3;(H,6,7)/t15-,16+;/m0./s1. The number of aryl methyl sites for hydroxylation is 1. The molecule has 2 saturated heterocycles. The van der Waals surface area contributed by atoms with E-state index >= 15 is 0 Å². The van der Waals surface area contributed by atoms with Gasteiger partial charge in [0, 0.05) is 49.1 Å². The maximum Gasteiger partial charge on any atom is 0.490 e. The van der Waals surface area contributed by atoms with Gasteiger partial charge in [0.1, 0.15) is 0 Å². The molecule has 0 bridgehead atoms. The lowest BCUT2D eigenvalue weighted by Gasteiger charge is -2.22. The van der Waals surface area contributed by atoms with Crippen LogP contribution in [0.1, 0.15) is 20.1 Å². The monoisotopic (exact) mass is 460 g/mol. The number of rotatable bonds is 3. The molecular weight excluding hydrogens is 437 g/mol. The van der Waals surface area contributed by atoms with Crippen LogP contribution in [0.15, 0.2) is 35.1 Å². The number of halogens is 3. The van der Waals surface area contributed by atoms with Crippen LogP contribution in [0.4, 0.5) is 13.2 Å². The molecule has 2 aliphatic rings. The van der Waals surface area contributed by atoms with E-state index in [0.717, 1.165) is 37.7 Å². The first-order chi connectivity index (χ1) is 14.6. The first-order valence-electron chi connectivity index (χ1n) is 9.64. The fourth-order valence-corrected chi connectivity index (χ4v) is 4.45. The van der Waals surface area contributed by atoms with Gasteiger partial charge >= 0.3 is 12.1 Å². The number of carboxylic acid groups (broad SMARTS) is 1. The van der Waals surface area contributed by atoms with E-state index in [1.807, 2.05) is 30.0 Å². The van der Waals surface area contributed by atoms with Crippen molar-refractivity contribution >= 4 is 23.2 Å². The molecule has 0 aliphatic carbocycles. The maximum atomic E-state index is 12.7. The molecule has 170 valence electrons. The largest absolute Gasteiger partial charge is 0.490 e. The fourth-order valence-electron chi connectivity index (χ4n) is 3.62. The van der Waals surface area contributed by atoms with Crippen molar-refractivity contribution in [2.24, 2.45) is 5.92 Å². The van der Waals surface area contributed by atoms with E-state index in [2.05, 4.69) is 4.90 Å². The molecule has 1 N–H and O–H groups in total. The summed E-state index contributed by atoms with van der Waals surface area (Å²) in [4.78, 5) is 27.9. The van der Waals surface area contributed by atoms with Gasteiger partial charge in [-0.1, -0.05) is 0 Å². The minimum Gasteiger partial charge on any atom is -0.475 e. The number of amides is 1. The molecule has 7 nitrogen and oxygen atoms in total. The van der Waals surface area contributed by atoms with Gasteiger partial charge in [-0.2, -0.15) is 13.2 Å². The zero-order chi connectivity index (χ0) is 22.6. The maximum absolute atomic E-state index is 12.7. The van der Waals surface area contributed by atoms with Crippen molar-refractivity contribution in [3.63, 3.8) is 0 Å². The molecule has 2 aromatic heterocycles. The van der Waals surface area contributed by atoms with Crippen LogP contribution < -0.4 is 0 Å². The highest BCUT2D eigenvalue weighted by Crippen LogP contribution is 2.27. The Morgan fingerprint density at radius 1 is 1.23 bits per heavy atom. The molecule has 0 spiro atoms. The highest BCUT2D eigenvalue weighted by Gasteiger charge is 2.39. The van der Waals surface area contributed by atoms with Gasteiger partial charge < -0.3 is 19.2 Å². The van der Waals surface area contributed by atoms with Crippen molar-refractivity contribution in [1.82, 2.24) is 9.80 Å². The molecule has 0 aromatic carbocycles. The number of ether oxygens (including phenoxy) is 1. The number of fused-ring (bicyclic) bond motifs is 1. The van der Waals surface area contributed by atoms with Gasteiger partial charge in [0.2, 0.25) is 0 Å². The number of carbonyl (C=O) groups is 2. The van der Waals surface area contributed by atoms with E-state index in [-0.39, 0.29) is 12.0 Å². The van der Waals surface area contributed by atoms with Gasteiger partial charge in [-0.25, -0.2) is 4.79 Å². The highest BCUT2D eigenvalue weighted by molar-refractivity contribution is 7.13. The number of hydrogen-bond donors (Lipinski definition) is 1. The minimum absolute atomic E-state index is 0.145. The van der Waals surface area contributed by atoms with Gasteiger partial charge in [0.05, 0.1) is 30.1 Å². The Bertz CT molecular complexity index is 884. The quantitative estimate of drug-likeness (QED) is 0.757. The first-order valence-corrected chi connectivity index (χ1v) is 10.5. The molecular formula is C20H23F3N2O5S. The lowest BCUT2D eigenvalue weighted by Crippen LogP contribution is -2.33. The smallest absolute Gasteiger partial charge is 0.475 e. The summed E-state index contributed by atoms with van der Waals surface area (Å²) >= 11 is 1.57. The van der Waals surface area contributed by atoms with Gasteiger partial charge in [0.25, 0.3) is 5.91 Å². The van der Waals surface area contributed by atoms with E-state index in [4.69, 9.17) is 19.1 Å². The van der Waals surface area contributed by atoms with Gasteiger partial charge in [-0.05, 0) is 25.1 Å². The fraction of sp³-hybridized carbons (Fsp3) is 0.500. The lowest BCUT2D eigenvalue weighted by molar-refractivity contribution is -0.192. The van der Waals surface area contributed by atoms with E-state index < -0.39 is 12.1 Å². The highest BCUT2D eigenvalue weighted by atomic mass is 32.1. The molecule has 31 heavy (non-hydrogen) atoms. The van der Waals surface area contributed by atoms with Crippen molar-refractivity contribution in [3.05, 3.63) is 46.0 Å². The number of alkyl halides is 3. The summed E-state index contributed by atoms with van der Waals surface area (Å²) in [5, 5.41) is 7.12. The summed E-state index contributed by atoms with van der Waals surface area (Å²) in [6.07, 6.45) is -1.41. The van der Waals surface area contributed by atoms with Crippen molar-refractivity contribution in [2.45, 2.75) is 25.7 Å². The molecule has 4 rings (SSSR count). The molecule has 2 fully saturated rings. The number of furan rings is 1. The summed E-state index contributed by atoms with van der Waals surface area (Å²) < 4.78 is 42.9. The van der Waals surface area contributed by atoms with E-state index in [0.29, 0.717) is 12.5 Å². The summed E-state index contributed by atoms with van der Waals surface area (Å²) in [5.74, 6) is -2.23. The molecule has 0 saturated carbocycles. The third-order valence-corrected chi connectivity index (χ3v) is 6.07. The second-order valence-electron chi connectivity index (χ2n) is 7.46. The molecule has 1 amide bonds. The second-order valence-corrected chi connectivity index (χ2v) is 8.75. The number of hydrogen-bond acceptors (Lipinski definition) is 6. The predicted octanol–water partition coefficient (Wildman–Crippen LogP) is 3.26. The Morgan fingerprint density at radius 3 is 2.55 bits per heavy atom. The molecule has 0 unspecified atom stereocenters. The van der Waals surface area contributed by atoms with Crippen LogP contribution in [0, 0.1) is 12.8 Å². The summed E-state index contributed by atoms with van der Waals surface area (Å²) in [6, 6.07) is 5.95. The van der Waals surface area contributed by atoms with Crippen molar-refractivity contribution in [2.75, 3.05) is 32.8 Å². The first kappa shape index (κ1) is 23.3. The number of likely N-dealkylation sites (tertiary alicyclic amines) is 1. The summed E-state index contributed by atoms with van der Waals surface area (Å²) in [7, 11) is 0. The van der Waals surface area contributed by atoms with Crippen molar-refractivity contribution < 1.29 is 37.0 Å². The molecule has 2 aromatic rings. The Labute approximate surface area is 181 Å². The van der Waals surface area contributed by atoms with Crippen LogP contribution in [0.3, 0.4) is 0 Å². The normalized spacial score (nSPS) is 21.7. The van der Waals surface area contributed by atoms with Crippen LogP contribution in [0.2, 0.25) is 0 Å². The third-order valence-electron chi connectivity index (χ3n) is 5.08. The van der Waals surface area contributed by atoms with E-state index in [1.165, 1.54) is 10.4 Å². The Kier molecular flexibility index (Phi) is 7.39. The van der Waals surface area contributed by atoms with Gasteiger partial charge in [0.15, 0.2) is 0 Å². The lowest BCUT2D eigenvalue weighted by atomic mass is 10.1. The number of thiophene rings is 1. The van der Waals surface area contributed by atoms with Crippen LogP contribution in [-0.4, -0.2) is 71.8 Å². The van der Waals surface area contributed by atoms with Crippen LogP contribution in [0.5, 0.6) is 0 Å². The Balaban J connectivity index is 0.000000339. The van der Waals surface area contributed by atoms with Crippen molar-refractivity contribution in [3.8, 4) is 0 Å². The van der Waals surface area contributed by atoms with Crippen molar-refractivity contribution in [1.29, 1.82) is 0 Å². The molecule has 4 heterocycles. The third kappa shape index (κ3) is 6.31. The SMILES string of the molecule is Cc1ccc(C(=O)N2C[C@@H]3CN(Cc4ccoc4)CCO[C@@H]3C2)s1.O=C(O)C(F)(F)F. The molecule has 11 heteroatoms. The van der Waals surface area contributed by atoms with E-state index in [9.17, 15) is 18.0 Å². The van der Waals surface area contributed by atoms with Crippen LogP contribution in [0.25, 0.3) is 0 Å². The zero-order valence-electron chi connectivity index (χ0n) is 16.8. The summed E-state index contributed by atoms with van der Waals surface area (Å²) in [5.41, 5.74) is 1.19. The number of aliphatic carboxylic acids is 1. The Hall–Kier alpha value is -2.37. The molecule has 2 atom stereocenters. The second kappa shape index (κ2) is 9.84. The predicted molar refractivity (Wildman–Crippen MR) is 106 cm³/mol.